The van der Waals surface area contributed by atoms with E-state index in [-0.39, 0.29) is 0 Å². The molecule has 0 spiro atoms. The van der Waals surface area contributed by atoms with E-state index in [1.165, 1.54) is 35.7 Å². The zero-order valence-corrected chi connectivity index (χ0v) is 21.3. The van der Waals surface area contributed by atoms with Gasteiger partial charge in [0.05, 0.1) is 27.0 Å². The van der Waals surface area contributed by atoms with Crippen LogP contribution in [0, 0.1) is 0 Å². The number of ether oxygens (including phenoxy) is 3. The maximum atomic E-state index is 5.53. The second-order valence-electron chi connectivity index (χ2n) is 9.18. The SMILES string of the molecule is COc1ccc2cc(-c3ccnc(CCc4ccc(OC)c(OC)c4)n3)cc(N3CCCCC3)c2c1. The second-order valence-corrected chi connectivity index (χ2v) is 9.18. The topological polar surface area (TPSA) is 56.7 Å². The molecule has 36 heavy (non-hydrogen) atoms. The van der Waals surface area contributed by atoms with Crippen LogP contribution in [-0.4, -0.2) is 44.4 Å². The van der Waals surface area contributed by atoms with Gasteiger partial charge in [0.25, 0.3) is 0 Å². The van der Waals surface area contributed by atoms with Crippen molar-refractivity contribution >= 4 is 16.5 Å². The number of anilines is 1. The number of methoxy groups -OCH3 is 3. The Hall–Kier alpha value is -3.80. The summed E-state index contributed by atoms with van der Waals surface area (Å²) in [7, 11) is 5.03. The fraction of sp³-hybridized carbons (Fsp3) is 0.333. The van der Waals surface area contributed by atoms with Gasteiger partial charge in [-0.1, -0.05) is 12.1 Å². The van der Waals surface area contributed by atoms with Gasteiger partial charge in [-0.2, -0.15) is 0 Å². The Kier molecular flexibility index (Phi) is 7.21. The molecular formula is C30H33N3O3. The zero-order chi connectivity index (χ0) is 24.9. The minimum absolute atomic E-state index is 0.734. The molecule has 0 radical (unpaired) electrons. The summed E-state index contributed by atoms with van der Waals surface area (Å²) in [6.45, 7) is 2.16. The number of piperidine rings is 1. The standard InChI is InChI=1S/C30H33N3O3/c1-34-24-10-9-22-18-23(19-27(25(22)20-24)33-15-5-4-6-16-33)26-13-14-31-30(32-26)12-8-21-7-11-28(35-2)29(17-21)36-3/h7,9-11,13-14,17-20H,4-6,8,12,15-16H2,1-3H3. The first-order valence-electron chi connectivity index (χ1n) is 12.6. The number of benzene rings is 3. The third-order valence-electron chi connectivity index (χ3n) is 6.92. The minimum atomic E-state index is 0.734. The molecule has 0 unspecified atom stereocenters. The Labute approximate surface area is 212 Å². The Morgan fingerprint density at radius 3 is 2.39 bits per heavy atom. The van der Waals surface area contributed by atoms with E-state index in [0.29, 0.717) is 0 Å². The molecule has 5 rings (SSSR count). The third-order valence-corrected chi connectivity index (χ3v) is 6.92. The van der Waals surface area contributed by atoms with Gasteiger partial charge in [-0.15, -0.1) is 0 Å². The number of nitrogens with zero attached hydrogens (tertiary/aromatic N) is 3. The van der Waals surface area contributed by atoms with E-state index in [0.717, 1.165) is 65.8 Å². The summed E-state index contributed by atoms with van der Waals surface area (Å²) >= 11 is 0. The van der Waals surface area contributed by atoms with Gasteiger partial charge in [-0.05, 0) is 79.1 Å². The average molecular weight is 484 g/mol. The molecule has 3 aromatic carbocycles. The molecule has 0 bridgehead atoms. The fourth-order valence-electron chi connectivity index (χ4n) is 4.96. The Morgan fingerprint density at radius 1 is 0.778 bits per heavy atom. The van der Waals surface area contributed by atoms with Crippen molar-refractivity contribution in [1.82, 2.24) is 9.97 Å². The largest absolute Gasteiger partial charge is 0.497 e. The molecule has 1 fully saturated rings. The summed E-state index contributed by atoms with van der Waals surface area (Å²) in [6.07, 6.45) is 7.18. The van der Waals surface area contributed by atoms with Crippen molar-refractivity contribution < 1.29 is 14.2 Å². The summed E-state index contributed by atoms with van der Waals surface area (Å²) < 4.78 is 16.3. The van der Waals surface area contributed by atoms with Crippen LogP contribution in [0.3, 0.4) is 0 Å². The van der Waals surface area contributed by atoms with Gasteiger partial charge in [0.2, 0.25) is 0 Å². The molecule has 1 aliphatic rings. The van der Waals surface area contributed by atoms with Crippen molar-refractivity contribution in [1.29, 1.82) is 0 Å². The fourth-order valence-corrected chi connectivity index (χ4v) is 4.96. The highest BCUT2D eigenvalue weighted by Gasteiger charge is 2.17. The number of aromatic nitrogens is 2. The lowest BCUT2D eigenvalue weighted by molar-refractivity contribution is 0.354. The smallest absolute Gasteiger partial charge is 0.160 e. The molecule has 6 nitrogen and oxygen atoms in total. The van der Waals surface area contributed by atoms with Crippen molar-refractivity contribution in [2.75, 3.05) is 39.3 Å². The molecule has 2 heterocycles. The van der Waals surface area contributed by atoms with Gasteiger partial charge in [0.15, 0.2) is 11.5 Å². The highest BCUT2D eigenvalue weighted by molar-refractivity contribution is 5.98. The minimum Gasteiger partial charge on any atom is -0.497 e. The van der Waals surface area contributed by atoms with E-state index in [9.17, 15) is 0 Å². The van der Waals surface area contributed by atoms with Crippen LogP contribution in [0.1, 0.15) is 30.7 Å². The summed E-state index contributed by atoms with van der Waals surface area (Å²) in [5.74, 6) is 3.19. The highest BCUT2D eigenvalue weighted by atomic mass is 16.5. The second kappa shape index (κ2) is 10.9. The third kappa shape index (κ3) is 5.08. The monoisotopic (exact) mass is 483 g/mol. The van der Waals surface area contributed by atoms with Crippen LogP contribution in [0.15, 0.2) is 60.8 Å². The summed E-state index contributed by atoms with van der Waals surface area (Å²) in [5.41, 5.74) is 4.48. The lowest BCUT2D eigenvalue weighted by atomic mass is 10.00. The number of hydrogen-bond donors (Lipinski definition) is 0. The molecule has 186 valence electrons. The van der Waals surface area contributed by atoms with Crippen LogP contribution in [0.2, 0.25) is 0 Å². The maximum absolute atomic E-state index is 5.53. The number of hydrogen-bond acceptors (Lipinski definition) is 6. The van der Waals surface area contributed by atoms with Crippen molar-refractivity contribution in [3.05, 3.63) is 72.2 Å². The molecule has 1 aromatic heterocycles. The first-order valence-corrected chi connectivity index (χ1v) is 12.6. The summed E-state index contributed by atoms with van der Waals surface area (Å²) in [5, 5.41) is 2.42. The Morgan fingerprint density at radius 2 is 1.61 bits per heavy atom. The van der Waals surface area contributed by atoms with E-state index >= 15 is 0 Å². The summed E-state index contributed by atoms with van der Waals surface area (Å²) in [6, 6.07) is 18.9. The first kappa shape index (κ1) is 23.9. The van der Waals surface area contributed by atoms with Crippen LogP contribution in [0.4, 0.5) is 5.69 Å². The van der Waals surface area contributed by atoms with Gasteiger partial charge >= 0.3 is 0 Å². The Bertz CT molecular complexity index is 1350. The Balaban J connectivity index is 1.45. The number of rotatable bonds is 8. The van der Waals surface area contributed by atoms with Gasteiger partial charge < -0.3 is 19.1 Å². The lowest BCUT2D eigenvalue weighted by Crippen LogP contribution is -2.29. The molecule has 4 aromatic rings. The molecule has 6 heteroatoms. The molecule has 0 saturated carbocycles. The van der Waals surface area contributed by atoms with Crippen molar-refractivity contribution in [3.63, 3.8) is 0 Å². The highest BCUT2D eigenvalue weighted by Crippen LogP contribution is 2.36. The normalized spacial score (nSPS) is 13.6. The van der Waals surface area contributed by atoms with Gasteiger partial charge in [0, 0.05) is 42.3 Å². The first-order chi connectivity index (χ1) is 17.7. The quantitative estimate of drug-likeness (QED) is 0.302. The van der Waals surface area contributed by atoms with Crippen LogP contribution in [-0.2, 0) is 12.8 Å². The molecular weight excluding hydrogens is 450 g/mol. The van der Waals surface area contributed by atoms with Crippen LogP contribution < -0.4 is 19.1 Å². The van der Waals surface area contributed by atoms with Crippen molar-refractivity contribution in [3.8, 4) is 28.5 Å². The number of aryl methyl sites for hydroxylation is 2. The predicted octanol–water partition coefficient (Wildman–Crippen LogP) is 6.10. The summed E-state index contributed by atoms with van der Waals surface area (Å²) in [4.78, 5) is 12.0. The van der Waals surface area contributed by atoms with Crippen molar-refractivity contribution in [2.45, 2.75) is 32.1 Å². The van der Waals surface area contributed by atoms with Crippen LogP contribution in [0.25, 0.3) is 22.0 Å². The average Bonchev–Trinajstić information content (AvgIpc) is 2.95. The number of fused-ring (bicyclic) bond motifs is 1. The van der Waals surface area contributed by atoms with E-state index < -0.39 is 0 Å². The van der Waals surface area contributed by atoms with Crippen molar-refractivity contribution in [2.24, 2.45) is 0 Å². The lowest BCUT2D eigenvalue weighted by Gasteiger charge is -2.30. The molecule has 0 aliphatic carbocycles. The van der Waals surface area contributed by atoms with E-state index in [4.69, 9.17) is 19.2 Å². The molecule has 0 N–H and O–H groups in total. The van der Waals surface area contributed by atoms with Gasteiger partial charge in [0.1, 0.15) is 11.6 Å². The van der Waals surface area contributed by atoms with Gasteiger partial charge in [-0.25, -0.2) is 9.97 Å². The molecule has 1 saturated heterocycles. The predicted molar refractivity (Wildman–Crippen MR) is 145 cm³/mol. The van der Waals surface area contributed by atoms with Crippen LogP contribution >= 0.6 is 0 Å². The molecule has 0 atom stereocenters. The molecule has 1 aliphatic heterocycles. The van der Waals surface area contributed by atoms with Gasteiger partial charge in [-0.3, -0.25) is 0 Å². The van der Waals surface area contributed by atoms with E-state index in [1.807, 2.05) is 30.5 Å². The van der Waals surface area contributed by atoms with E-state index in [2.05, 4.69) is 40.2 Å². The molecule has 0 amide bonds. The maximum Gasteiger partial charge on any atom is 0.160 e. The zero-order valence-electron chi connectivity index (χ0n) is 21.3. The van der Waals surface area contributed by atoms with Crippen LogP contribution in [0.5, 0.6) is 17.2 Å². The van der Waals surface area contributed by atoms with E-state index in [1.54, 1.807) is 21.3 Å².